The van der Waals surface area contributed by atoms with Crippen LogP contribution in [0.1, 0.15) is 18.3 Å². The van der Waals surface area contributed by atoms with Crippen LogP contribution in [0, 0.1) is 13.8 Å². The monoisotopic (exact) mass is 300 g/mol. The molecule has 0 aliphatic carbocycles. The van der Waals surface area contributed by atoms with Crippen molar-refractivity contribution in [2.24, 2.45) is 0 Å². The van der Waals surface area contributed by atoms with Crippen LogP contribution in [0.15, 0.2) is 18.2 Å². The number of carbonyl (C=O) groups is 1. The van der Waals surface area contributed by atoms with Gasteiger partial charge in [-0.05, 0) is 32.0 Å². The maximum absolute atomic E-state index is 11.3. The van der Waals surface area contributed by atoms with Gasteiger partial charge in [0.1, 0.15) is 0 Å². The molecule has 1 aliphatic heterocycles. The third kappa shape index (κ3) is 2.79. The second kappa shape index (κ2) is 5.75. The minimum Gasteiger partial charge on any atom is -0.352 e. The summed E-state index contributed by atoms with van der Waals surface area (Å²) in [5.41, 5.74) is 2.00. The van der Waals surface area contributed by atoms with Crippen LogP contribution in [0.25, 0.3) is 5.82 Å². The fraction of sp³-hybridized carbons (Fsp3) is 0.467. The number of piperazine rings is 1. The molecular formula is C15H20N6O. The zero-order valence-electron chi connectivity index (χ0n) is 13.2. The van der Waals surface area contributed by atoms with Gasteiger partial charge in [0, 0.05) is 38.8 Å². The van der Waals surface area contributed by atoms with Crippen LogP contribution < -0.4 is 4.90 Å². The minimum atomic E-state index is 0.130. The van der Waals surface area contributed by atoms with Crippen molar-refractivity contribution in [3.05, 3.63) is 29.6 Å². The molecule has 1 amide bonds. The van der Waals surface area contributed by atoms with E-state index >= 15 is 0 Å². The van der Waals surface area contributed by atoms with Crippen LogP contribution >= 0.6 is 0 Å². The third-order valence-electron chi connectivity index (χ3n) is 3.91. The molecule has 1 saturated heterocycles. The summed E-state index contributed by atoms with van der Waals surface area (Å²) in [5.74, 6) is 1.69. The molecule has 1 aliphatic rings. The summed E-state index contributed by atoms with van der Waals surface area (Å²) >= 11 is 0. The van der Waals surface area contributed by atoms with E-state index < -0.39 is 0 Å². The SMILES string of the molecule is CC(=O)N1CCN(c2ccc(-n3nc(C)cc3C)nn2)CC1. The average Bonchev–Trinajstić information content (AvgIpc) is 2.86. The quantitative estimate of drug-likeness (QED) is 0.826. The highest BCUT2D eigenvalue weighted by Crippen LogP contribution is 2.15. The number of aryl methyl sites for hydroxylation is 2. The molecule has 2 aromatic heterocycles. The molecular weight excluding hydrogens is 280 g/mol. The Morgan fingerprint density at radius 1 is 1.05 bits per heavy atom. The van der Waals surface area contributed by atoms with E-state index in [1.807, 2.05) is 36.9 Å². The number of rotatable bonds is 2. The maximum Gasteiger partial charge on any atom is 0.219 e. The van der Waals surface area contributed by atoms with Gasteiger partial charge in [0.05, 0.1) is 5.69 Å². The zero-order chi connectivity index (χ0) is 15.7. The molecule has 7 heteroatoms. The van der Waals surface area contributed by atoms with Gasteiger partial charge in [-0.15, -0.1) is 10.2 Å². The van der Waals surface area contributed by atoms with Gasteiger partial charge in [-0.25, -0.2) is 4.68 Å². The predicted molar refractivity (Wildman–Crippen MR) is 83.1 cm³/mol. The lowest BCUT2D eigenvalue weighted by Crippen LogP contribution is -2.48. The number of aromatic nitrogens is 4. The average molecular weight is 300 g/mol. The summed E-state index contributed by atoms with van der Waals surface area (Å²) in [7, 11) is 0. The van der Waals surface area contributed by atoms with E-state index in [-0.39, 0.29) is 5.91 Å². The van der Waals surface area contributed by atoms with Crippen molar-refractivity contribution in [1.82, 2.24) is 24.9 Å². The second-order valence-electron chi connectivity index (χ2n) is 5.58. The van der Waals surface area contributed by atoms with Gasteiger partial charge in [-0.2, -0.15) is 5.10 Å². The number of amides is 1. The van der Waals surface area contributed by atoms with Crippen molar-refractivity contribution < 1.29 is 4.79 Å². The fourth-order valence-electron chi connectivity index (χ4n) is 2.71. The number of nitrogens with zero attached hydrogens (tertiary/aromatic N) is 6. The minimum absolute atomic E-state index is 0.130. The molecule has 116 valence electrons. The summed E-state index contributed by atoms with van der Waals surface area (Å²) in [6.45, 7) is 8.60. The van der Waals surface area contributed by atoms with Gasteiger partial charge in [-0.1, -0.05) is 0 Å². The molecule has 0 unspecified atom stereocenters. The van der Waals surface area contributed by atoms with Crippen LogP contribution in [0.2, 0.25) is 0 Å². The second-order valence-corrected chi connectivity index (χ2v) is 5.58. The summed E-state index contributed by atoms with van der Waals surface area (Å²) < 4.78 is 1.79. The van der Waals surface area contributed by atoms with E-state index in [0.29, 0.717) is 0 Å². The molecule has 0 spiro atoms. The van der Waals surface area contributed by atoms with Crippen molar-refractivity contribution >= 4 is 11.7 Å². The Hall–Kier alpha value is -2.44. The first-order chi connectivity index (χ1) is 10.5. The number of hydrogen-bond acceptors (Lipinski definition) is 5. The summed E-state index contributed by atoms with van der Waals surface area (Å²) in [5, 5.41) is 13.0. The maximum atomic E-state index is 11.3. The number of hydrogen-bond donors (Lipinski definition) is 0. The van der Waals surface area contributed by atoms with E-state index in [4.69, 9.17) is 0 Å². The van der Waals surface area contributed by atoms with Gasteiger partial charge in [-0.3, -0.25) is 4.79 Å². The van der Waals surface area contributed by atoms with Gasteiger partial charge < -0.3 is 9.80 Å². The molecule has 7 nitrogen and oxygen atoms in total. The van der Waals surface area contributed by atoms with E-state index in [1.54, 1.807) is 11.6 Å². The number of carbonyl (C=O) groups excluding carboxylic acids is 1. The van der Waals surface area contributed by atoms with Gasteiger partial charge in [0.2, 0.25) is 5.91 Å². The molecule has 0 atom stereocenters. The highest BCUT2D eigenvalue weighted by molar-refractivity contribution is 5.73. The first-order valence-corrected chi connectivity index (χ1v) is 7.42. The van der Waals surface area contributed by atoms with Crippen molar-refractivity contribution in [3.8, 4) is 5.82 Å². The topological polar surface area (TPSA) is 67.2 Å². The zero-order valence-corrected chi connectivity index (χ0v) is 13.2. The van der Waals surface area contributed by atoms with E-state index in [2.05, 4.69) is 20.2 Å². The molecule has 0 N–H and O–H groups in total. The fourth-order valence-corrected chi connectivity index (χ4v) is 2.71. The van der Waals surface area contributed by atoms with Crippen molar-refractivity contribution in [2.75, 3.05) is 31.1 Å². The van der Waals surface area contributed by atoms with Crippen LogP contribution in [-0.2, 0) is 4.79 Å². The summed E-state index contributed by atoms with van der Waals surface area (Å²) in [4.78, 5) is 15.4. The Morgan fingerprint density at radius 3 is 2.18 bits per heavy atom. The van der Waals surface area contributed by atoms with E-state index in [0.717, 1.165) is 49.2 Å². The van der Waals surface area contributed by atoms with Gasteiger partial charge in [0.25, 0.3) is 0 Å². The normalized spacial score (nSPS) is 15.2. The van der Waals surface area contributed by atoms with Crippen LogP contribution in [-0.4, -0.2) is 57.0 Å². The van der Waals surface area contributed by atoms with Gasteiger partial charge >= 0.3 is 0 Å². The Labute approximate surface area is 129 Å². The molecule has 22 heavy (non-hydrogen) atoms. The Morgan fingerprint density at radius 2 is 1.68 bits per heavy atom. The largest absolute Gasteiger partial charge is 0.352 e. The lowest BCUT2D eigenvalue weighted by atomic mass is 10.3. The summed E-state index contributed by atoms with van der Waals surface area (Å²) in [6, 6.07) is 5.90. The molecule has 0 aromatic carbocycles. The van der Waals surface area contributed by atoms with Crippen molar-refractivity contribution in [1.29, 1.82) is 0 Å². The van der Waals surface area contributed by atoms with Gasteiger partial charge in [0.15, 0.2) is 11.6 Å². The Balaban J connectivity index is 1.72. The van der Waals surface area contributed by atoms with E-state index in [9.17, 15) is 4.79 Å². The smallest absolute Gasteiger partial charge is 0.219 e. The first kappa shape index (κ1) is 14.5. The third-order valence-corrected chi connectivity index (χ3v) is 3.91. The molecule has 3 heterocycles. The number of anilines is 1. The molecule has 0 radical (unpaired) electrons. The highest BCUT2D eigenvalue weighted by Gasteiger charge is 2.19. The highest BCUT2D eigenvalue weighted by atomic mass is 16.2. The lowest BCUT2D eigenvalue weighted by molar-refractivity contribution is -0.129. The van der Waals surface area contributed by atoms with E-state index in [1.165, 1.54) is 0 Å². The lowest BCUT2D eigenvalue weighted by Gasteiger charge is -2.34. The summed E-state index contributed by atoms with van der Waals surface area (Å²) in [6.07, 6.45) is 0. The molecule has 2 aromatic rings. The molecule has 0 bridgehead atoms. The Bertz CT molecular complexity index is 670. The van der Waals surface area contributed by atoms with Crippen molar-refractivity contribution in [3.63, 3.8) is 0 Å². The predicted octanol–water partition coefficient (Wildman–Crippen LogP) is 0.948. The van der Waals surface area contributed by atoms with Crippen LogP contribution in [0.4, 0.5) is 5.82 Å². The van der Waals surface area contributed by atoms with Crippen molar-refractivity contribution in [2.45, 2.75) is 20.8 Å². The molecule has 3 rings (SSSR count). The van der Waals surface area contributed by atoms with Crippen LogP contribution in [0.3, 0.4) is 0 Å². The van der Waals surface area contributed by atoms with Crippen LogP contribution in [0.5, 0.6) is 0 Å². The first-order valence-electron chi connectivity index (χ1n) is 7.42. The molecule has 1 fully saturated rings. The Kier molecular flexibility index (Phi) is 3.79. The molecule has 0 saturated carbocycles. The standard InChI is InChI=1S/C15H20N6O/c1-11-10-12(2)21(18-11)15-5-4-14(16-17-15)20-8-6-19(7-9-20)13(3)22/h4-5,10H,6-9H2,1-3H3.